The van der Waals surface area contributed by atoms with Gasteiger partial charge >= 0.3 is 0 Å². The number of hydrogen-bond donors (Lipinski definition) is 0. The molecule has 2 rings (SSSR count). The van der Waals surface area contributed by atoms with E-state index in [9.17, 15) is 4.79 Å². The number of methoxy groups -OCH3 is 1. The molecule has 0 saturated heterocycles. The Hall–Kier alpha value is -1.31. The van der Waals surface area contributed by atoms with E-state index in [4.69, 9.17) is 4.74 Å². The highest BCUT2D eigenvalue weighted by molar-refractivity contribution is 5.86. The van der Waals surface area contributed by atoms with Gasteiger partial charge in [0.1, 0.15) is 11.5 Å². The van der Waals surface area contributed by atoms with Crippen LogP contribution in [0, 0.1) is 0 Å². The van der Waals surface area contributed by atoms with Gasteiger partial charge in [-0.15, -0.1) is 0 Å². The van der Waals surface area contributed by atoms with Crippen molar-refractivity contribution in [3.05, 3.63) is 29.8 Å². The summed E-state index contributed by atoms with van der Waals surface area (Å²) in [6.45, 7) is 0. The molecule has 1 aliphatic rings. The number of hydrogen-bond acceptors (Lipinski definition) is 2. The van der Waals surface area contributed by atoms with E-state index in [1.54, 1.807) is 7.11 Å². The molecule has 1 aliphatic carbocycles. The standard InChI is InChI=1S/C13H16O2/c1-15-11-8-6-10(7-9-11)12-4-2-3-5-13(12)14/h6-9,12H,2-5H2,1H3/t12-/m0/s1. The van der Waals surface area contributed by atoms with Crippen LogP contribution in [0.5, 0.6) is 5.75 Å². The first-order valence-corrected chi connectivity index (χ1v) is 5.48. The Morgan fingerprint density at radius 3 is 2.53 bits per heavy atom. The molecule has 1 atom stereocenters. The van der Waals surface area contributed by atoms with E-state index in [1.807, 2.05) is 24.3 Å². The maximum Gasteiger partial charge on any atom is 0.140 e. The molecule has 2 heteroatoms. The molecule has 0 N–H and O–H groups in total. The van der Waals surface area contributed by atoms with Gasteiger partial charge in [0.2, 0.25) is 0 Å². The highest BCUT2D eigenvalue weighted by atomic mass is 16.5. The Labute approximate surface area is 90.3 Å². The first kappa shape index (κ1) is 10.2. The van der Waals surface area contributed by atoms with E-state index >= 15 is 0 Å². The average Bonchev–Trinajstić information content (AvgIpc) is 2.30. The van der Waals surface area contributed by atoms with Gasteiger partial charge in [0.05, 0.1) is 7.11 Å². The molecule has 0 radical (unpaired) electrons. The molecule has 2 nitrogen and oxygen atoms in total. The quantitative estimate of drug-likeness (QED) is 0.740. The Kier molecular flexibility index (Phi) is 3.05. The van der Waals surface area contributed by atoms with Crippen LogP contribution in [0.3, 0.4) is 0 Å². The smallest absolute Gasteiger partial charge is 0.140 e. The molecular weight excluding hydrogens is 188 g/mol. The minimum absolute atomic E-state index is 0.129. The second-order valence-corrected chi connectivity index (χ2v) is 4.04. The summed E-state index contributed by atoms with van der Waals surface area (Å²) in [5.41, 5.74) is 1.14. The zero-order chi connectivity index (χ0) is 10.7. The summed E-state index contributed by atoms with van der Waals surface area (Å²) in [5, 5.41) is 0. The number of carbonyl (C=O) groups excluding carboxylic acids is 1. The highest BCUT2D eigenvalue weighted by Gasteiger charge is 2.23. The Balaban J connectivity index is 2.17. The summed E-state index contributed by atoms with van der Waals surface area (Å²) in [6, 6.07) is 7.87. The number of rotatable bonds is 2. The molecule has 0 unspecified atom stereocenters. The molecule has 80 valence electrons. The molecular formula is C13H16O2. The van der Waals surface area contributed by atoms with E-state index in [0.29, 0.717) is 5.78 Å². The van der Waals surface area contributed by atoms with Crippen molar-refractivity contribution in [2.75, 3.05) is 7.11 Å². The van der Waals surface area contributed by atoms with Gasteiger partial charge in [-0.05, 0) is 30.5 Å². The minimum Gasteiger partial charge on any atom is -0.497 e. The van der Waals surface area contributed by atoms with Crippen molar-refractivity contribution in [1.82, 2.24) is 0 Å². The maximum atomic E-state index is 11.7. The number of ketones is 1. The largest absolute Gasteiger partial charge is 0.497 e. The van der Waals surface area contributed by atoms with E-state index in [1.165, 1.54) is 6.42 Å². The SMILES string of the molecule is COc1ccc([C@@H]2CCCCC2=O)cc1. The molecule has 1 saturated carbocycles. The van der Waals surface area contributed by atoms with Gasteiger partial charge < -0.3 is 4.74 Å². The van der Waals surface area contributed by atoms with Gasteiger partial charge in [-0.25, -0.2) is 0 Å². The Morgan fingerprint density at radius 2 is 1.93 bits per heavy atom. The van der Waals surface area contributed by atoms with Crippen LogP contribution in [0.25, 0.3) is 0 Å². The molecule has 0 aromatic heterocycles. The van der Waals surface area contributed by atoms with Crippen LogP contribution in [-0.4, -0.2) is 12.9 Å². The number of benzene rings is 1. The van der Waals surface area contributed by atoms with E-state index in [2.05, 4.69) is 0 Å². The molecule has 1 aromatic carbocycles. The predicted molar refractivity (Wildman–Crippen MR) is 59.2 cm³/mol. The lowest BCUT2D eigenvalue weighted by Crippen LogP contribution is -2.16. The third kappa shape index (κ3) is 2.20. The molecule has 0 aliphatic heterocycles. The molecule has 1 fully saturated rings. The van der Waals surface area contributed by atoms with Crippen LogP contribution >= 0.6 is 0 Å². The highest BCUT2D eigenvalue weighted by Crippen LogP contribution is 2.30. The number of carbonyl (C=O) groups is 1. The van der Waals surface area contributed by atoms with Gasteiger partial charge in [-0.2, -0.15) is 0 Å². The van der Waals surface area contributed by atoms with E-state index in [0.717, 1.165) is 30.6 Å². The zero-order valence-corrected chi connectivity index (χ0v) is 9.03. The fourth-order valence-corrected chi connectivity index (χ4v) is 2.17. The van der Waals surface area contributed by atoms with Gasteiger partial charge in [0.15, 0.2) is 0 Å². The van der Waals surface area contributed by atoms with Gasteiger partial charge in [0, 0.05) is 12.3 Å². The molecule has 0 amide bonds. The lowest BCUT2D eigenvalue weighted by atomic mass is 9.83. The summed E-state index contributed by atoms with van der Waals surface area (Å²) in [7, 11) is 1.65. The number of ether oxygens (including phenoxy) is 1. The normalized spacial score (nSPS) is 21.4. The van der Waals surface area contributed by atoms with E-state index in [-0.39, 0.29) is 5.92 Å². The van der Waals surface area contributed by atoms with Crippen LogP contribution in [0.2, 0.25) is 0 Å². The van der Waals surface area contributed by atoms with Gasteiger partial charge in [-0.3, -0.25) is 4.79 Å². The van der Waals surface area contributed by atoms with Crippen molar-refractivity contribution >= 4 is 5.78 Å². The lowest BCUT2D eigenvalue weighted by Gasteiger charge is -2.20. The third-order valence-electron chi connectivity index (χ3n) is 3.07. The lowest BCUT2D eigenvalue weighted by molar-refractivity contribution is -0.121. The van der Waals surface area contributed by atoms with E-state index < -0.39 is 0 Å². The van der Waals surface area contributed by atoms with Gasteiger partial charge in [-0.1, -0.05) is 18.6 Å². The summed E-state index contributed by atoms with van der Waals surface area (Å²) >= 11 is 0. The molecule has 1 aromatic rings. The topological polar surface area (TPSA) is 26.3 Å². The van der Waals surface area contributed by atoms with Crippen LogP contribution in [0.4, 0.5) is 0 Å². The van der Waals surface area contributed by atoms with Gasteiger partial charge in [0.25, 0.3) is 0 Å². The predicted octanol–water partition coefficient (Wildman–Crippen LogP) is 2.92. The third-order valence-corrected chi connectivity index (χ3v) is 3.07. The molecule has 0 bridgehead atoms. The first-order chi connectivity index (χ1) is 7.31. The summed E-state index contributed by atoms with van der Waals surface area (Å²) in [4.78, 5) is 11.7. The molecule has 0 heterocycles. The fourth-order valence-electron chi connectivity index (χ4n) is 2.17. The summed E-state index contributed by atoms with van der Waals surface area (Å²) < 4.78 is 5.10. The molecule has 0 spiro atoms. The first-order valence-electron chi connectivity index (χ1n) is 5.48. The van der Waals surface area contributed by atoms with Crippen LogP contribution in [0.15, 0.2) is 24.3 Å². The average molecular weight is 204 g/mol. The zero-order valence-electron chi connectivity index (χ0n) is 9.03. The monoisotopic (exact) mass is 204 g/mol. The van der Waals surface area contributed by atoms with Crippen molar-refractivity contribution in [2.45, 2.75) is 31.6 Å². The fraction of sp³-hybridized carbons (Fsp3) is 0.462. The maximum absolute atomic E-state index is 11.7. The van der Waals surface area contributed by atoms with Crippen LogP contribution in [-0.2, 0) is 4.79 Å². The van der Waals surface area contributed by atoms with Crippen molar-refractivity contribution in [2.24, 2.45) is 0 Å². The van der Waals surface area contributed by atoms with Crippen LogP contribution < -0.4 is 4.74 Å². The second kappa shape index (κ2) is 4.47. The number of Topliss-reactive ketones (excluding diaryl/α,β-unsaturated/α-hetero) is 1. The molecule has 15 heavy (non-hydrogen) atoms. The van der Waals surface area contributed by atoms with Crippen molar-refractivity contribution in [3.8, 4) is 5.75 Å². The summed E-state index contributed by atoms with van der Waals surface area (Å²) in [6.07, 6.45) is 3.98. The van der Waals surface area contributed by atoms with Crippen molar-refractivity contribution < 1.29 is 9.53 Å². The second-order valence-electron chi connectivity index (χ2n) is 4.04. The Morgan fingerprint density at radius 1 is 1.20 bits per heavy atom. The summed E-state index contributed by atoms with van der Waals surface area (Å²) in [5.74, 6) is 1.37. The Bertz CT molecular complexity index is 340. The van der Waals surface area contributed by atoms with Crippen molar-refractivity contribution in [1.29, 1.82) is 0 Å². The van der Waals surface area contributed by atoms with Crippen LogP contribution in [0.1, 0.15) is 37.2 Å². The minimum atomic E-state index is 0.129. The van der Waals surface area contributed by atoms with Crippen molar-refractivity contribution in [3.63, 3.8) is 0 Å².